The molecule has 2 aliphatic heterocycles. The van der Waals surface area contributed by atoms with Crippen LogP contribution in [-0.4, -0.2) is 59.9 Å². The molecule has 3 fully saturated rings. The lowest BCUT2D eigenvalue weighted by Crippen LogP contribution is -2.32. The molecular formula is C39H58F3N3O3. The van der Waals surface area contributed by atoms with Gasteiger partial charge in [-0.15, -0.1) is 0 Å². The summed E-state index contributed by atoms with van der Waals surface area (Å²) in [5.74, 6) is -1.66. The maximum absolute atomic E-state index is 13.0. The molecule has 0 aromatic heterocycles. The highest BCUT2D eigenvalue weighted by Crippen LogP contribution is 2.62. The number of nitrogens with one attached hydrogen (secondary N) is 1. The van der Waals surface area contributed by atoms with Crippen molar-refractivity contribution in [3.63, 3.8) is 0 Å². The van der Waals surface area contributed by atoms with Crippen LogP contribution < -0.4 is 5.32 Å². The third-order valence-corrected chi connectivity index (χ3v) is 9.08. The predicted molar refractivity (Wildman–Crippen MR) is 189 cm³/mol. The third-order valence-electron chi connectivity index (χ3n) is 9.08. The minimum absolute atomic E-state index is 0.0922. The molecular weight excluding hydrogens is 615 g/mol. The summed E-state index contributed by atoms with van der Waals surface area (Å²) < 4.78 is 38.9. The molecule has 2 saturated heterocycles. The normalized spacial score (nSPS) is 23.5. The van der Waals surface area contributed by atoms with Crippen LogP contribution in [0.25, 0.3) is 0 Å². The van der Waals surface area contributed by atoms with Gasteiger partial charge in [0.05, 0.1) is 5.92 Å². The number of fused-ring (bicyclic) bond motifs is 1. The maximum Gasteiger partial charge on any atom is 0.393 e. The number of hydrogen-bond acceptors (Lipinski definition) is 3. The van der Waals surface area contributed by atoms with Crippen molar-refractivity contribution in [3.05, 3.63) is 67.8 Å². The van der Waals surface area contributed by atoms with E-state index in [2.05, 4.69) is 72.7 Å². The van der Waals surface area contributed by atoms with Gasteiger partial charge in [0.1, 0.15) is 0 Å². The number of hydrogen-bond donors (Lipinski definition) is 1. The summed E-state index contributed by atoms with van der Waals surface area (Å²) in [5.41, 5.74) is 2.76. The Hall–Kier alpha value is -3.36. The van der Waals surface area contributed by atoms with Crippen LogP contribution in [-0.2, 0) is 19.8 Å². The standard InChI is InChI=1S/C13H20F3NO.C13H21NO.C13H17NO/c1-5-11(18)17-7-9(6-12(2,3)4)10(8-17)13(14,15)16;1-5-11(15)14-7-10-6-13(10,9-14)8-12(2,3)4;1-5-12(15)14-11-8-6-7-10(9-11)13(2,3)4/h5,9-10H,1,6-8H2,2-4H3;5,10H,1,6-9H2,2-4H3;5-9H,1H2,2-4H3,(H,14,15)/t9?,10-;;/m1../s1. The van der Waals surface area contributed by atoms with Gasteiger partial charge in [-0.25, -0.2) is 0 Å². The molecule has 0 bridgehead atoms. The Morgan fingerprint density at radius 3 is 1.92 bits per heavy atom. The first-order valence-electron chi connectivity index (χ1n) is 16.8. The first-order valence-corrected chi connectivity index (χ1v) is 16.8. The smallest absolute Gasteiger partial charge is 0.338 e. The summed E-state index contributed by atoms with van der Waals surface area (Å²) in [6, 6.07) is 7.86. The molecule has 4 rings (SSSR count). The number of halogens is 3. The quantitative estimate of drug-likeness (QED) is 0.307. The molecule has 9 heteroatoms. The molecule has 3 amide bonds. The lowest BCUT2D eigenvalue weighted by molar-refractivity contribution is -0.182. The van der Waals surface area contributed by atoms with Crippen molar-refractivity contribution in [1.29, 1.82) is 0 Å². The van der Waals surface area contributed by atoms with Crippen LogP contribution >= 0.6 is 0 Å². The van der Waals surface area contributed by atoms with Gasteiger partial charge in [0, 0.05) is 31.9 Å². The summed E-state index contributed by atoms with van der Waals surface area (Å²) in [6.45, 7) is 31.2. The summed E-state index contributed by atoms with van der Waals surface area (Å²) in [6.07, 6.45) is 2.56. The van der Waals surface area contributed by atoms with E-state index in [4.69, 9.17) is 0 Å². The average molecular weight is 674 g/mol. The summed E-state index contributed by atoms with van der Waals surface area (Å²) >= 11 is 0. The van der Waals surface area contributed by atoms with Gasteiger partial charge in [-0.05, 0) is 88.7 Å². The van der Waals surface area contributed by atoms with Crippen molar-refractivity contribution in [1.82, 2.24) is 9.80 Å². The van der Waals surface area contributed by atoms with Crippen LogP contribution in [0.5, 0.6) is 0 Å². The number of carbonyl (C=O) groups excluding carboxylic acids is 3. The number of rotatable bonds is 6. The highest BCUT2D eigenvalue weighted by atomic mass is 19.4. The molecule has 0 spiro atoms. The largest absolute Gasteiger partial charge is 0.393 e. The van der Waals surface area contributed by atoms with Crippen molar-refractivity contribution in [3.8, 4) is 0 Å². The monoisotopic (exact) mass is 673 g/mol. The number of carbonyl (C=O) groups is 3. The number of benzene rings is 1. The summed E-state index contributed by atoms with van der Waals surface area (Å²) in [5, 5.41) is 2.75. The molecule has 3 aliphatic rings. The van der Waals surface area contributed by atoms with Gasteiger partial charge in [0.25, 0.3) is 0 Å². The molecule has 2 heterocycles. The third kappa shape index (κ3) is 12.3. The van der Waals surface area contributed by atoms with Crippen LogP contribution in [0.15, 0.2) is 62.2 Å². The predicted octanol–water partition coefficient (Wildman–Crippen LogP) is 8.81. The average Bonchev–Trinajstić information content (AvgIpc) is 3.25. The van der Waals surface area contributed by atoms with Crippen LogP contribution in [0.1, 0.15) is 87.1 Å². The van der Waals surface area contributed by atoms with Gasteiger partial charge >= 0.3 is 6.18 Å². The Labute approximate surface area is 286 Å². The zero-order valence-corrected chi connectivity index (χ0v) is 30.6. The fourth-order valence-corrected chi connectivity index (χ4v) is 7.02. The van der Waals surface area contributed by atoms with Crippen LogP contribution in [0.3, 0.4) is 0 Å². The molecule has 1 aliphatic carbocycles. The lowest BCUT2D eigenvalue weighted by atomic mass is 9.80. The van der Waals surface area contributed by atoms with E-state index in [0.717, 1.165) is 30.8 Å². The number of alkyl halides is 3. The second kappa shape index (κ2) is 15.5. The van der Waals surface area contributed by atoms with Gasteiger partial charge in [-0.2, -0.15) is 13.2 Å². The van der Waals surface area contributed by atoms with Crippen LogP contribution in [0, 0.1) is 34.0 Å². The molecule has 268 valence electrons. The fourth-order valence-electron chi connectivity index (χ4n) is 7.02. The molecule has 1 aromatic rings. The Bertz CT molecular complexity index is 1330. The van der Waals surface area contributed by atoms with E-state index in [1.54, 1.807) is 0 Å². The number of anilines is 1. The van der Waals surface area contributed by atoms with E-state index in [9.17, 15) is 27.6 Å². The second-order valence-electron chi connectivity index (χ2n) is 17.1. The maximum atomic E-state index is 13.0. The highest BCUT2D eigenvalue weighted by molar-refractivity contribution is 5.98. The number of likely N-dealkylation sites (tertiary alicyclic amines) is 2. The van der Waals surface area contributed by atoms with Gasteiger partial charge in [0.2, 0.25) is 17.7 Å². The molecule has 1 N–H and O–H groups in total. The van der Waals surface area contributed by atoms with E-state index in [1.165, 1.54) is 35.5 Å². The van der Waals surface area contributed by atoms with Crippen molar-refractivity contribution < 1.29 is 27.6 Å². The van der Waals surface area contributed by atoms with Crippen LogP contribution in [0.4, 0.5) is 18.9 Å². The first-order chi connectivity index (χ1) is 21.8. The zero-order chi connectivity index (χ0) is 36.9. The Kier molecular flexibility index (Phi) is 13.1. The summed E-state index contributed by atoms with van der Waals surface area (Å²) in [4.78, 5) is 37.3. The van der Waals surface area contributed by atoms with E-state index in [1.807, 2.05) is 43.9 Å². The second-order valence-corrected chi connectivity index (χ2v) is 17.1. The zero-order valence-electron chi connectivity index (χ0n) is 30.6. The lowest BCUT2D eigenvalue weighted by Gasteiger charge is -2.27. The Morgan fingerprint density at radius 1 is 0.854 bits per heavy atom. The SMILES string of the molecule is C=CC(=O)N1CC(CC(C)(C)C)[C@H](C(F)(F)F)C1.C=CC(=O)N1CC2CC2(CC(C)(C)C)C1.C=CC(=O)Nc1cccc(C(C)(C)C)c1. The molecule has 1 aromatic carbocycles. The van der Waals surface area contributed by atoms with Gasteiger partial charge in [0.15, 0.2) is 0 Å². The molecule has 1 saturated carbocycles. The first kappa shape index (κ1) is 40.8. The molecule has 48 heavy (non-hydrogen) atoms. The van der Waals surface area contributed by atoms with Crippen molar-refractivity contribution >= 4 is 23.4 Å². The van der Waals surface area contributed by atoms with Gasteiger partial charge in [-0.1, -0.05) is 94.2 Å². The van der Waals surface area contributed by atoms with Crippen molar-refractivity contribution in [2.75, 3.05) is 31.5 Å². The fraction of sp³-hybridized carbons (Fsp3) is 0.615. The topological polar surface area (TPSA) is 69.7 Å². The van der Waals surface area contributed by atoms with Crippen molar-refractivity contribution in [2.45, 2.75) is 93.2 Å². The molecule has 0 radical (unpaired) electrons. The van der Waals surface area contributed by atoms with E-state index >= 15 is 0 Å². The minimum Gasteiger partial charge on any atom is -0.338 e. The highest BCUT2D eigenvalue weighted by Gasteiger charge is 2.61. The minimum atomic E-state index is -4.24. The van der Waals surface area contributed by atoms with E-state index in [0.29, 0.717) is 17.3 Å². The molecule has 3 unspecified atom stereocenters. The Morgan fingerprint density at radius 2 is 1.44 bits per heavy atom. The van der Waals surface area contributed by atoms with Crippen LogP contribution in [0.2, 0.25) is 0 Å². The van der Waals surface area contributed by atoms with E-state index < -0.39 is 23.9 Å². The molecule has 4 atom stereocenters. The van der Waals surface area contributed by atoms with Crippen molar-refractivity contribution in [2.24, 2.45) is 34.0 Å². The number of piperidine rings is 1. The summed E-state index contributed by atoms with van der Waals surface area (Å²) in [7, 11) is 0. The van der Waals surface area contributed by atoms with Gasteiger partial charge in [-0.3, -0.25) is 14.4 Å². The Balaban J connectivity index is 0.000000251. The van der Waals surface area contributed by atoms with Gasteiger partial charge < -0.3 is 15.1 Å². The molecule has 6 nitrogen and oxygen atoms in total. The van der Waals surface area contributed by atoms with E-state index in [-0.39, 0.29) is 35.7 Å². The number of amides is 3. The number of nitrogens with zero attached hydrogens (tertiary/aromatic N) is 2.